The van der Waals surface area contributed by atoms with Gasteiger partial charge in [0.25, 0.3) is 0 Å². The Labute approximate surface area is 106 Å². The smallest absolute Gasteiger partial charge is 0.352 e. The van der Waals surface area contributed by atoms with Gasteiger partial charge in [-0.25, -0.2) is 4.79 Å². The van der Waals surface area contributed by atoms with Crippen molar-refractivity contribution >= 4 is 16.9 Å². The summed E-state index contributed by atoms with van der Waals surface area (Å²) in [4.78, 5) is 13.7. The van der Waals surface area contributed by atoms with E-state index in [9.17, 15) is 4.79 Å². The molecule has 96 valence electrons. The van der Waals surface area contributed by atoms with Crippen LogP contribution < -0.4 is 4.74 Å². The van der Waals surface area contributed by atoms with Crippen LogP contribution >= 0.6 is 0 Å². The Morgan fingerprint density at radius 3 is 2.89 bits per heavy atom. The lowest BCUT2D eigenvalue weighted by molar-refractivity contribution is 0.0691. The molecule has 0 fully saturated rings. The molecule has 0 saturated carbocycles. The van der Waals surface area contributed by atoms with E-state index >= 15 is 0 Å². The molecule has 0 aliphatic heterocycles. The lowest BCUT2D eigenvalue weighted by Gasteiger charge is -2.05. The Bertz CT molecular complexity index is 545. The molecule has 2 rings (SSSR count). The van der Waals surface area contributed by atoms with E-state index in [0.29, 0.717) is 6.61 Å². The third kappa shape index (κ3) is 2.83. The number of H-pyrrole nitrogens is 1. The van der Waals surface area contributed by atoms with Crippen molar-refractivity contribution in [2.24, 2.45) is 0 Å². The van der Waals surface area contributed by atoms with Crippen LogP contribution in [-0.4, -0.2) is 22.7 Å². The number of hydrogen-bond acceptors (Lipinski definition) is 2. The van der Waals surface area contributed by atoms with E-state index in [1.54, 1.807) is 6.07 Å². The van der Waals surface area contributed by atoms with Crippen molar-refractivity contribution < 1.29 is 14.6 Å². The minimum Gasteiger partial charge on any atom is -0.494 e. The average molecular weight is 247 g/mol. The Morgan fingerprint density at radius 2 is 2.17 bits per heavy atom. The minimum absolute atomic E-state index is 0.202. The number of benzene rings is 1. The van der Waals surface area contributed by atoms with Crippen LogP contribution in [0.4, 0.5) is 0 Å². The van der Waals surface area contributed by atoms with Crippen LogP contribution in [-0.2, 0) is 0 Å². The maximum Gasteiger partial charge on any atom is 0.352 e. The number of aromatic carboxylic acids is 1. The molecule has 2 N–H and O–H groups in total. The van der Waals surface area contributed by atoms with Gasteiger partial charge in [0.15, 0.2) is 0 Å². The van der Waals surface area contributed by atoms with Gasteiger partial charge in [0.05, 0.1) is 6.61 Å². The summed E-state index contributed by atoms with van der Waals surface area (Å²) in [7, 11) is 0. The van der Waals surface area contributed by atoms with Gasteiger partial charge in [0, 0.05) is 17.0 Å². The number of fused-ring (bicyclic) bond motifs is 1. The molecule has 0 spiro atoms. The molecule has 0 radical (unpaired) electrons. The van der Waals surface area contributed by atoms with Crippen molar-refractivity contribution in [3.05, 3.63) is 30.0 Å². The fraction of sp³-hybridized carbons (Fsp3) is 0.357. The summed E-state index contributed by atoms with van der Waals surface area (Å²) in [6.07, 6.45) is 3.37. The Balaban J connectivity index is 2.09. The molecule has 0 atom stereocenters. The third-order valence-corrected chi connectivity index (χ3v) is 2.84. The summed E-state index contributed by atoms with van der Waals surface area (Å²) >= 11 is 0. The minimum atomic E-state index is -0.948. The molecule has 1 aromatic carbocycles. The molecule has 0 saturated heterocycles. The number of nitrogens with one attached hydrogen (secondary N) is 1. The van der Waals surface area contributed by atoms with Gasteiger partial charge in [-0.05, 0) is 24.6 Å². The summed E-state index contributed by atoms with van der Waals surface area (Å²) in [5, 5.41) is 9.78. The molecule has 2 aromatic rings. The number of aromatic nitrogens is 1. The molecule has 0 aliphatic carbocycles. The van der Waals surface area contributed by atoms with Crippen molar-refractivity contribution in [1.82, 2.24) is 4.98 Å². The van der Waals surface area contributed by atoms with Gasteiger partial charge in [-0.15, -0.1) is 0 Å². The Hall–Kier alpha value is -1.97. The second-order valence-corrected chi connectivity index (χ2v) is 4.29. The summed E-state index contributed by atoms with van der Waals surface area (Å²) in [6, 6.07) is 7.20. The molecule has 18 heavy (non-hydrogen) atoms. The lowest BCUT2D eigenvalue weighted by Crippen LogP contribution is -1.96. The van der Waals surface area contributed by atoms with Crippen LogP contribution in [0.15, 0.2) is 24.3 Å². The largest absolute Gasteiger partial charge is 0.494 e. The molecule has 1 aromatic heterocycles. The first-order valence-electron chi connectivity index (χ1n) is 6.19. The normalized spacial score (nSPS) is 10.7. The molecule has 4 heteroatoms. The molecule has 0 aliphatic rings. The molecular formula is C14H17NO3. The first-order valence-corrected chi connectivity index (χ1v) is 6.19. The van der Waals surface area contributed by atoms with Crippen LogP contribution in [0.25, 0.3) is 10.9 Å². The number of ether oxygens (including phenoxy) is 1. The fourth-order valence-electron chi connectivity index (χ4n) is 1.85. The standard InChI is InChI=1S/C14H17NO3/c1-2-3-4-7-18-11-6-5-10-8-13(14(16)17)15-12(10)9-11/h5-6,8-9,15H,2-4,7H2,1H3,(H,16,17). The van der Waals surface area contributed by atoms with Crippen LogP contribution in [0.5, 0.6) is 5.75 Å². The quantitative estimate of drug-likeness (QED) is 0.769. The SMILES string of the molecule is CCCCCOc1ccc2cc(C(=O)O)[nH]c2c1. The van der Waals surface area contributed by atoms with Gasteiger partial charge in [0.2, 0.25) is 0 Å². The number of hydrogen-bond donors (Lipinski definition) is 2. The van der Waals surface area contributed by atoms with E-state index in [2.05, 4.69) is 11.9 Å². The van der Waals surface area contributed by atoms with Crippen molar-refractivity contribution in [3.8, 4) is 5.75 Å². The van der Waals surface area contributed by atoms with Crippen molar-refractivity contribution in [3.63, 3.8) is 0 Å². The first-order chi connectivity index (χ1) is 8.70. The number of carboxylic acid groups (broad SMARTS) is 1. The highest BCUT2D eigenvalue weighted by molar-refractivity contribution is 5.94. The summed E-state index contributed by atoms with van der Waals surface area (Å²) < 4.78 is 5.62. The fourth-order valence-corrected chi connectivity index (χ4v) is 1.85. The van der Waals surface area contributed by atoms with E-state index in [1.165, 1.54) is 6.42 Å². The van der Waals surface area contributed by atoms with Gasteiger partial charge in [-0.2, -0.15) is 0 Å². The van der Waals surface area contributed by atoms with E-state index in [-0.39, 0.29) is 5.69 Å². The number of carboxylic acids is 1. The second-order valence-electron chi connectivity index (χ2n) is 4.29. The number of rotatable bonds is 6. The zero-order valence-electron chi connectivity index (χ0n) is 10.4. The first kappa shape index (κ1) is 12.5. The van der Waals surface area contributed by atoms with Gasteiger partial charge in [0.1, 0.15) is 11.4 Å². The monoisotopic (exact) mass is 247 g/mol. The third-order valence-electron chi connectivity index (χ3n) is 2.84. The van der Waals surface area contributed by atoms with Gasteiger partial charge in [-0.1, -0.05) is 19.8 Å². The summed E-state index contributed by atoms with van der Waals surface area (Å²) in [5.41, 5.74) is 0.994. The highest BCUT2D eigenvalue weighted by Crippen LogP contribution is 2.21. The predicted molar refractivity (Wildman–Crippen MR) is 70.3 cm³/mol. The maximum atomic E-state index is 10.8. The summed E-state index contributed by atoms with van der Waals surface area (Å²) in [5.74, 6) is -0.172. The number of aromatic amines is 1. The van der Waals surface area contributed by atoms with Crippen LogP contribution in [0.1, 0.15) is 36.7 Å². The lowest BCUT2D eigenvalue weighted by atomic mass is 10.2. The summed E-state index contributed by atoms with van der Waals surface area (Å²) in [6.45, 7) is 2.85. The second kappa shape index (κ2) is 5.58. The zero-order chi connectivity index (χ0) is 13.0. The van der Waals surface area contributed by atoms with E-state index in [1.807, 2.05) is 18.2 Å². The topological polar surface area (TPSA) is 62.3 Å². The molecule has 0 unspecified atom stereocenters. The van der Waals surface area contributed by atoms with Crippen molar-refractivity contribution in [2.75, 3.05) is 6.61 Å². The van der Waals surface area contributed by atoms with Gasteiger partial charge < -0.3 is 14.8 Å². The molecular weight excluding hydrogens is 230 g/mol. The van der Waals surface area contributed by atoms with E-state index < -0.39 is 5.97 Å². The van der Waals surface area contributed by atoms with Crippen LogP contribution in [0.2, 0.25) is 0 Å². The number of unbranched alkanes of at least 4 members (excludes halogenated alkanes) is 2. The molecule has 0 bridgehead atoms. The van der Waals surface area contributed by atoms with E-state index in [4.69, 9.17) is 9.84 Å². The Kier molecular flexibility index (Phi) is 3.87. The molecule has 4 nitrogen and oxygen atoms in total. The highest BCUT2D eigenvalue weighted by atomic mass is 16.5. The zero-order valence-corrected chi connectivity index (χ0v) is 10.4. The Morgan fingerprint density at radius 1 is 1.33 bits per heavy atom. The van der Waals surface area contributed by atoms with Crippen molar-refractivity contribution in [2.45, 2.75) is 26.2 Å². The predicted octanol–water partition coefficient (Wildman–Crippen LogP) is 3.44. The molecule has 1 heterocycles. The van der Waals surface area contributed by atoms with Crippen LogP contribution in [0, 0.1) is 0 Å². The maximum absolute atomic E-state index is 10.8. The average Bonchev–Trinajstić information content (AvgIpc) is 2.78. The highest BCUT2D eigenvalue weighted by Gasteiger charge is 2.07. The van der Waals surface area contributed by atoms with Crippen molar-refractivity contribution in [1.29, 1.82) is 0 Å². The molecule has 0 amide bonds. The van der Waals surface area contributed by atoms with E-state index in [0.717, 1.165) is 29.5 Å². The number of carbonyl (C=O) groups is 1. The van der Waals surface area contributed by atoms with Gasteiger partial charge >= 0.3 is 5.97 Å². The van der Waals surface area contributed by atoms with Gasteiger partial charge in [-0.3, -0.25) is 0 Å². The van der Waals surface area contributed by atoms with Crippen LogP contribution in [0.3, 0.4) is 0 Å².